The highest BCUT2D eigenvalue weighted by Gasteiger charge is 2.10. The molecule has 0 radical (unpaired) electrons. The van der Waals surface area contributed by atoms with Crippen molar-refractivity contribution in [1.82, 2.24) is 9.97 Å². The molecule has 2 nitrogen and oxygen atoms in total. The van der Waals surface area contributed by atoms with Crippen LogP contribution in [0.25, 0.3) is 22.4 Å². The monoisotopic (exact) mass is 244 g/mol. The highest BCUT2D eigenvalue weighted by atomic mass is 19.1. The van der Waals surface area contributed by atoms with Crippen LogP contribution in [0.5, 0.6) is 0 Å². The van der Waals surface area contributed by atoms with Crippen molar-refractivity contribution < 1.29 is 8.78 Å². The van der Waals surface area contributed by atoms with Crippen LogP contribution in [0, 0.1) is 18.6 Å². The van der Waals surface area contributed by atoms with Gasteiger partial charge in [-0.2, -0.15) is 0 Å². The lowest BCUT2D eigenvalue weighted by molar-refractivity contribution is 0.629. The molecule has 0 aliphatic carbocycles. The highest BCUT2D eigenvalue weighted by Crippen LogP contribution is 2.24. The topological polar surface area (TPSA) is 28.7 Å². The standard InChI is InChI=1S/C14H10F2N2/c1-8-2-4-10(11(16)6-8)14-17-12-5-3-9(15)7-13(12)18-14/h2-7H,1H3,(H,17,18). The molecule has 1 N–H and O–H groups in total. The van der Waals surface area contributed by atoms with Crippen molar-refractivity contribution in [3.63, 3.8) is 0 Å². The number of halogens is 2. The Morgan fingerprint density at radius 2 is 1.89 bits per heavy atom. The second kappa shape index (κ2) is 3.91. The van der Waals surface area contributed by atoms with Gasteiger partial charge in [0.15, 0.2) is 0 Å². The summed E-state index contributed by atoms with van der Waals surface area (Å²) in [5, 5.41) is 0. The number of H-pyrrole nitrogens is 1. The van der Waals surface area contributed by atoms with Gasteiger partial charge in [-0.1, -0.05) is 6.07 Å². The summed E-state index contributed by atoms with van der Waals surface area (Å²) < 4.78 is 26.9. The molecule has 0 spiro atoms. The molecule has 0 bridgehead atoms. The molecule has 0 unspecified atom stereocenters. The molecule has 0 saturated heterocycles. The van der Waals surface area contributed by atoms with Gasteiger partial charge in [0.05, 0.1) is 16.6 Å². The molecule has 3 rings (SSSR count). The predicted octanol–water partition coefficient (Wildman–Crippen LogP) is 3.82. The summed E-state index contributed by atoms with van der Waals surface area (Å²) in [5.41, 5.74) is 2.41. The Bertz CT molecular complexity index is 732. The van der Waals surface area contributed by atoms with E-state index in [2.05, 4.69) is 9.97 Å². The first kappa shape index (κ1) is 10.9. The minimum absolute atomic E-state index is 0.338. The number of fused-ring (bicyclic) bond motifs is 1. The van der Waals surface area contributed by atoms with Crippen LogP contribution in [-0.2, 0) is 0 Å². The summed E-state index contributed by atoms with van der Waals surface area (Å²) in [5.74, 6) is -0.273. The zero-order valence-electron chi connectivity index (χ0n) is 9.67. The van der Waals surface area contributed by atoms with Crippen LogP contribution in [0.15, 0.2) is 36.4 Å². The van der Waals surface area contributed by atoms with Gasteiger partial charge < -0.3 is 4.98 Å². The van der Waals surface area contributed by atoms with Crippen LogP contribution < -0.4 is 0 Å². The number of benzene rings is 2. The number of aryl methyl sites for hydroxylation is 1. The zero-order valence-corrected chi connectivity index (χ0v) is 9.67. The first-order valence-electron chi connectivity index (χ1n) is 5.55. The number of hydrogen-bond acceptors (Lipinski definition) is 1. The first-order chi connectivity index (χ1) is 8.63. The third-order valence-electron chi connectivity index (χ3n) is 2.82. The number of imidazole rings is 1. The maximum absolute atomic E-state index is 13.8. The van der Waals surface area contributed by atoms with E-state index in [0.29, 0.717) is 22.4 Å². The molecule has 4 heteroatoms. The van der Waals surface area contributed by atoms with Gasteiger partial charge in [0.2, 0.25) is 0 Å². The third kappa shape index (κ3) is 1.76. The molecule has 0 atom stereocenters. The van der Waals surface area contributed by atoms with Gasteiger partial charge in [-0.25, -0.2) is 13.8 Å². The summed E-state index contributed by atoms with van der Waals surface area (Å²) in [4.78, 5) is 7.17. The van der Waals surface area contributed by atoms with Gasteiger partial charge in [0.1, 0.15) is 17.5 Å². The molecule has 0 fully saturated rings. The second-order valence-electron chi connectivity index (χ2n) is 4.23. The van der Waals surface area contributed by atoms with Crippen molar-refractivity contribution >= 4 is 11.0 Å². The minimum atomic E-state index is -0.345. The molecule has 18 heavy (non-hydrogen) atoms. The lowest BCUT2D eigenvalue weighted by Crippen LogP contribution is -1.87. The van der Waals surface area contributed by atoms with E-state index in [1.54, 1.807) is 12.1 Å². The molecule has 2 aromatic carbocycles. The molecular formula is C14H10F2N2. The average Bonchev–Trinajstić information content (AvgIpc) is 2.71. The van der Waals surface area contributed by atoms with Crippen LogP contribution in [0.3, 0.4) is 0 Å². The van der Waals surface area contributed by atoms with E-state index in [-0.39, 0.29) is 11.6 Å². The number of rotatable bonds is 1. The van der Waals surface area contributed by atoms with Gasteiger partial charge in [-0.15, -0.1) is 0 Å². The molecule has 0 aliphatic rings. The summed E-state index contributed by atoms with van der Waals surface area (Å²) in [7, 11) is 0. The van der Waals surface area contributed by atoms with E-state index < -0.39 is 0 Å². The SMILES string of the molecule is Cc1ccc(-c2nc3ccc(F)cc3[nH]2)c(F)c1. The summed E-state index contributed by atoms with van der Waals surface area (Å²) >= 11 is 0. The van der Waals surface area contributed by atoms with Gasteiger partial charge in [-0.3, -0.25) is 0 Å². The van der Waals surface area contributed by atoms with Crippen LogP contribution in [-0.4, -0.2) is 9.97 Å². The molecule has 1 heterocycles. The predicted molar refractivity (Wildman–Crippen MR) is 66.2 cm³/mol. The van der Waals surface area contributed by atoms with Gasteiger partial charge in [-0.05, 0) is 42.8 Å². The normalized spacial score (nSPS) is 11.1. The summed E-state index contributed by atoms with van der Waals surface area (Å²) in [6, 6.07) is 9.17. The zero-order chi connectivity index (χ0) is 12.7. The van der Waals surface area contributed by atoms with Gasteiger partial charge in [0, 0.05) is 0 Å². The van der Waals surface area contributed by atoms with Crippen molar-refractivity contribution in [3.05, 3.63) is 53.6 Å². The smallest absolute Gasteiger partial charge is 0.141 e. The Labute approximate surface area is 102 Å². The van der Waals surface area contributed by atoms with Crippen LogP contribution in [0.1, 0.15) is 5.56 Å². The molecule has 90 valence electrons. The fourth-order valence-electron chi connectivity index (χ4n) is 1.92. The molecule has 0 amide bonds. The van der Waals surface area contributed by atoms with Crippen molar-refractivity contribution in [1.29, 1.82) is 0 Å². The van der Waals surface area contributed by atoms with E-state index in [1.165, 1.54) is 18.2 Å². The average molecular weight is 244 g/mol. The van der Waals surface area contributed by atoms with Crippen LogP contribution in [0.4, 0.5) is 8.78 Å². The van der Waals surface area contributed by atoms with E-state index in [1.807, 2.05) is 13.0 Å². The summed E-state index contributed by atoms with van der Waals surface area (Å²) in [6.45, 7) is 1.82. The first-order valence-corrected chi connectivity index (χ1v) is 5.55. The van der Waals surface area contributed by atoms with Crippen molar-refractivity contribution in [2.75, 3.05) is 0 Å². The Kier molecular flexibility index (Phi) is 2.37. The molecule has 3 aromatic rings. The number of aromatic amines is 1. The maximum atomic E-state index is 13.8. The Morgan fingerprint density at radius 3 is 2.67 bits per heavy atom. The Morgan fingerprint density at radius 1 is 1.06 bits per heavy atom. The number of aromatic nitrogens is 2. The number of nitrogens with zero attached hydrogens (tertiary/aromatic N) is 1. The highest BCUT2D eigenvalue weighted by molar-refractivity contribution is 5.79. The molecular weight excluding hydrogens is 234 g/mol. The lowest BCUT2D eigenvalue weighted by Gasteiger charge is -2.00. The fraction of sp³-hybridized carbons (Fsp3) is 0.0714. The minimum Gasteiger partial charge on any atom is -0.338 e. The van der Waals surface area contributed by atoms with Crippen molar-refractivity contribution in [2.24, 2.45) is 0 Å². The van der Waals surface area contributed by atoms with Crippen molar-refractivity contribution in [3.8, 4) is 11.4 Å². The van der Waals surface area contributed by atoms with Gasteiger partial charge >= 0.3 is 0 Å². The number of nitrogens with one attached hydrogen (secondary N) is 1. The van der Waals surface area contributed by atoms with Crippen LogP contribution in [0.2, 0.25) is 0 Å². The van der Waals surface area contributed by atoms with E-state index >= 15 is 0 Å². The fourth-order valence-corrected chi connectivity index (χ4v) is 1.92. The number of hydrogen-bond donors (Lipinski definition) is 1. The second-order valence-corrected chi connectivity index (χ2v) is 4.23. The van der Waals surface area contributed by atoms with Crippen LogP contribution >= 0.6 is 0 Å². The summed E-state index contributed by atoms with van der Waals surface area (Å²) in [6.07, 6.45) is 0. The van der Waals surface area contributed by atoms with E-state index in [9.17, 15) is 8.78 Å². The molecule has 1 aromatic heterocycles. The quantitative estimate of drug-likeness (QED) is 0.692. The maximum Gasteiger partial charge on any atom is 0.141 e. The Hall–Kier alpha value is -2.23. The lowest BCUT2D eigenvalue weighted by atomic mass is 10.1. The van der Waals surface area contributed by atoms with Gasteiger partial charge in [0.25, 0.3) is 0 Å². The third-order valence-corrected chi connectivity index (χ3v) is 2.82. The Balaban J connectivity index is 2.19. The van der Waals surface area contributed by atoms with E-state index in [4.69, 9.17) is 0 Å². The molecule has 0 saturated carbocycles. The largest absolute Gasteiger partial charge is 0.338 e. The van der Waals surface area contributed by atoms with Crippen molar-refractivity contribution in [2.45, 2.75) is 6.92 Å². The van der Waals surface area contributed by atoms with E-state index in [0.717, 1.165) is 5.56 Å². The molecule has 0 aliphatic heterocycles.